The van der Waals surface area contributed by atoms with E-state index in [0.29, 0.717) is 17.0 Å². The van der Waals surface area contributed by atoms with Gasteiger partial charge in [-0.3, -0.25) is 4.79 Å². The Morgan fingerprint density at radius 2 is 2.00 bits per heavy atom. The maximum absolute atomic E-state index is 12.9. The standard InChI is InChI=1S/C20H15ClF3N3O2/c1-13(27-9-8-25-12-27)15-4-2-3-5-18(15)29-11-19(28)26-14-6-7-17(21)16(10-14)20(22,23)24/h2-10,12H,1,11H2,(H,26,28). The molecule has 0 unspecified atom stereocenters. The van der Waals surface area contributed by atoms with E-state index in [1.54, 1.807) is 47.6 Å². The number of halogens is 4. The van der Waals surface area contributed by atoms with E-state index < -0.39 is 29.3 Å². The third-order valence-corrected chi connectivity index (χ3v) is 4.26. The highest BCUT2D eigenvalue weighted by molar-refractivity contribution is 6.31. The predicted octanol–water partition coefficient (Wildman–Crippen LogP) is 5.09. The molecule has 0 spiro atoms. The van der Waals surface area contributed by atoms with E-state index in [4.69, 9.17) is 16.3 Å². The molecule has 0 aliphatic heterocycles. The topological polar surface area (TPSA) is 56.1 Å². The summed E-state index contributed by atoms with van der Waals surface area (Å²) < 4.78 is 46.1. The number of alkyl halides is 3. The van der Waals surface area contributed by atoms with Crippen molar-refractivity contribution in [2.24, 2.45) is 0 Å². The van der Waals surface area contributed by atoms with Crippen molar-refractivity contribution in [3.05, 3.63) is 83.9 Å². The first kappa shape index (κ1) is 20.5. The van der Waals surface area contributed by atoms with Crippen molar-refractivity contribution in [3.8, 4) is 5.75 Å². The van der Waals surface area contributed by atoms with E-state index in [2.05, 4.69) is 16.9 Å². The van der Waals surface area contributed by atoms with Gasteiger partial charge in [-0.15, -0.1) is 0 Å². The summed E-state index contributed by atoms with van der Waals surface area (Å²) in [4.78, 5) is 16.1. The van der Waals surface area contributed by atoms with E-state index in [9.17, 15) is 18.0 Å². The molecule has 1 heterocycles. The first-order valence-electron chi connectivity index (χ1n) is 8.32. The molecule has 3 aromatic rings. The molecule has 5 nitrogen and oxygen atoms in total. The minimum atomic E-state index is -4.62. The maximum Gasteiger partial charge on any atom is 0.417 e. The zero-order valence-electron chi connectivity index (χ0n) is 14.9. The largest absolute Gasteiger partial charge is 0.483 e. The van der Waals surface area contributed by atoms with Crippen molar-refractivity contribution in [3.63, 3.8) is 0 Å². The molecule has 0 saturated carbocycles. The van der Waals surface area contributed by atoms with Crippen LogP contribution in [0.5, 0.6) is 5.75 Å². The Bertz CT molecular complexity index is 1030. The number of benzene rings is 2. The zero-order valence-corrected chi connectivity index (χ0v) is 15.7. The summed E-state index contributed by atoms with van der Waals surface area (Å²) in [7, 11) is 0. The fourth-order valence-electron chi connectivity index (χ4n) is 2.55. The highest BCUT2D eigenvalue weighted by Gasteiger charge is 2.33. The molecular weight excluding hydrogens is 407 g/mol. The lowest BCUT2D eigenvalue weighted by molar-refractivity contribution is -0.137. The van der Waals surface area contributed by atoms with Crippen LogP contribution in [0.15, 0.2) is 67.8 Å². The number of nitrogens with zero attached hydrogens (tertiary/aromatic N) is 2. The number of para-hydroxylation sites is 1. The molecule has 9 heteroatoms. The molecule has 3 rings (SSSR count). The van der Waals surface area contributed by atoms with Crippen LogP contribution in [-0.4, -0.2) is 22.1 Å². The number of anilines is 1. The van der Waals surface area contributed by atoms with Gasteiger partial charge in [0.15, 0.2) is 6.61 Å². The van der Waals surface area contributed by atoms with Gasteiger partial charge >= 0.3 is 6.18 Å². The molecule has 2 aromatic carbocycles. The molecule has 1 N–H and O–H groups in total. The minimum Gasteiger partial charge on any atom is -0.483 e. The van der Waals surface area contributed by atoms with Gasteiger partial charge in [-0.1, -0.05) is 30.3 Å². The lowest BCUT2D eigenvalue weighted by Gasteiger charge is -2.14. The Balaban J connectivity index is 1.69. The van der Waals surface area contributed by atoms with E-state index in [1.807, 2.05) is 0 Å². The van der Waals surface area contributed by atoms with Crippen LogP contribution in [-0.2, 0) is 11.0 Å². The van der Waals surface area contributed by atoms with Crippen molar-refractivity contribution < 1.29 is 22.7 Å². The number of ether oxygens (including phenoxy) is 1. The number of hydrogen-bond acceptors (Lipinski definition) is 3. The monoisotopic (exact) mass is 421 g/mol. The van der Waals surface area contributed by atoms with Gasteiger partial charge in [0.1, 0.15) is 5.75 Å². The molecule has 150 valence electrons. The van der Waals surface area contributed by atoms with Crippen molar-refractivity contribution >= 4 is 28.9 Å². The van der Waals surface area contributed by atoms with Gasteiger partial charge < -0.3 is 14.6 Å². The van der Waals surface area contributed by atoms with Crippen molar-refractivity contribution in [1.29, 1.82) is 0 Å². The van der Waals surface area contributed by atoms with E-state index in [1.165, 1.54) is 6.07 Å². The molecule has 0 bridgehead atoms. The van der Waals surface area contributed by atoms with Crippen LogP contribution in [0, 0.1) is 0 Å². The summed E-state index contributed by atoms with van der Waals surface area (Å²) in [6.07, 6.45) is 0.263. The summed E-state index contributed by atoms with van der Waals surface area (Å²) in [6, 6.07) is 10.1. The Hall–Kier alpha value is -3.26. The average molecular weight is 422 g/mol. The van der Waals surface area contributed by atoms with E-state index in [0.717, 1.165) is 12.1 Å². The minimum absolute atomic E-state index is 0.0357. The predicted molar refractivity (Wildman–Crippen MR) is 104 cm³/mol. The lowest BCUT2D eigenvalue weighted by atomic mass is 10.1. The third kappa shape index (κ3) is 4.97. The number of carbonyl (C=O) groups is 1. The number of amides is 1. The van der Waals surface area contributed by atoms with Crippen molar-refractivity contribution in [2.45, 2.75) is 6.18 Å². The Morgan fingerprint density at radius 3 is 2.69 bits per heavy atom. The van der Waals surface area contributed by atoms with Crippen LogP contribution >= 0.6 is 11.6 Å². The van der Waals surface area contributed by atoms with Gasteiger partial charge in [-0.25, -0.2) is 4.98 Å². The van der Waals surface area contributed by atoms with Gasteiger partial charge in [-0.05, 0) is 30.3 Å². The van der Waals surface area contributed by atoms with Crippen LogP contribution in [0.3, 0.4) is 0 Å². The molecule has 0 atom stereocenters. The van der Waals surface area contributed by atoms with Crippen LogP contribution in [0.4, 0.5) is 18.9 Å². The average Bonchev–Trinajstić information content (AvgIpc) is 3.21. The molecule has 1 amide bonds. The van der Waals surface area contributed by atoms with Crippen LogP contribution in [0.1, 0.15) is 11.1 Å². The van der Waals surface area contributed by atoms with Crippen LogP contribution in [0.25, 0.3) is 5.70 Å². The number of rotatable bonds is 6. The van der Waals surface area contributed by atoms with Crippen LogP contribution < -0.4 is 10.1 Å². The molecule has 0 fully saturated rings. The first-order valence-corrected chi connectivity index (χ1v) is 8.69. The second kappa shape index (κ2) is 8.40. The fraction of sp³-hybridized carbons (Fsp3) is 0.100. The maximum atomic E-state index is 12.9. The molecule has 1 aromatic heterocycles. The molecule has 0 aliphatic rings. The first-order chi connectivity index (χ1) is 13.8. The van der Waals surface area contributed by atoms with Crippen molar-refractivity contribution in [1.82, 2.24) is 9.55 Å². The molecule has 29 heavy (non-hydrogen) atoms. The zero-order chi connectivity index (χ0) is 21.0. The molecular formula is C20H15ClF3N3O2. The lowest BCUT2D eigenvalue weighted by Crippen LogP contribution is -2.21. The summed E-state index contributed by atoms with van der Waals surface area (Å²) in [6.45, 7) is 3.58. The molecule has 0 saturated heterocycles. The summed E-state index contributed by atoms with van der Waals surface area (Å²) in [5.74, 6) is -0.225. The van der Waals surface area contributed by atoms with Gasteiger partial charge in [-0.2, -0.15) is 13.2 Å². The Kier molecular flexibility index (Phi) is 5.93. The fourth-order valence-corrected chi connectivity index (χ4v) is 2.77. The number of aromatic nitrogens is 2. The quantitative estimate of drug-likeness (QED) is 0.603. The number of imidazole rings is 1. The second-order valence-electron chi connectivity index (χ2n) is 5.94. The van der Waals surface area contributed by atoms with Gasteiger partial charge in [0.25, 0.3) is 5.91 Å². The van der Waals surface area contributed by atoms with E-state index >= 15 is 0 Å². The smallest absolute Gasteiger partial charge is 0.417 e. The Labute approximate surface area is 169 Å². The SMILES string of the molecule is C=C(c1ccccc1OCC(=O)Nc1ccc(Cl)c(C(F)(F)F)c1)n1ccnc1. The number of nitrogens with one attached hydrogen (secondary N) is 1. The third-order valence-electron chi connectivity index (χ3n) is 3.93. The summed E-state index contributed by atoms with van der Waals surface area (Å²) in [5.41, 5.74) is 0.168. The van der Waals surface area contributed by atoms with Gasteiger partial charge in [0.2, 0.25) is 0 Å². The summed E-state index contributed by atoms with van der Waals surface area (Å²) in [5, 5.41) is 1.92. The summed E-state index contributed by atoms with van der Waals surface area (Å²) >= 11 is 5.58. The van der Waals surface area contributed by atoms with Crippen molar-refractivity contribution in [2.75, 3.05) is 11.9 Å². The number of hydrogen-bond donors (Lipinski definition) is 1. The van der Waals surface area contributed by atoms with Crippen LogP contribution in [0.2, 0.25) is 5.02 Å². The van der Waals surface area contributed by atoms with Gasteiger partial charge in [0.05, 0.1) is 22.6 Å². The van der Waals surface area contributed by atoms with Gasteiger partial charge in [0, 0.05) is 23.6 Å². The normalized spacial score (nSPS) is 11.2. The highest BCUT2D eigenvalue weighted by Crippen LogP contribution is 2.36. The second-order valence-corrected chi connectivity index (χ2v) is 6.35. The Morgan fingerprint density at radius 1 is 1.24 bits per heavy atom. The van der Waals surface area contributed by atoms with E-state index in [-0.39, 0.29) is 5.69 Å². The highest BCUT2D eigenvalue weighted by atomic mass is 35.5. The number of carbonyl (C=O) groups excluding carboxylic acids is 1. The molecule has 0 aliphatic carbocycles. The molecule has 0 radical (unpaired) electrons.